The van der Waals surface area contributed by atoms with Crippen LogP contribution in [0.25, 0.3) is 0 Å². The van der Waals surface area contributed by atoms with Crippen LogP contribution in [0.4, 0.5) is 0 Å². The number of likely N-dealkylation sites (tertiary alicyclic amines) is 1. The summed E-state index contributed by atoms with van der Waals surface area (Å²) in [6.45, 7) is 1.18. The molecule has 17 heavy (non-hydrogen) atoms. The SMILES string of the molecule is CN(C)C(=O)[C@H]1CCN(C(=O)c2cncs2)C1. The highest BCUT2D eigenvalue weighted by atomic mass is 32.1. The molecule has 5 nitrogen and oxygen atoms in total. The van der Waals surface area contributed by atoms with E-state index in [0.29, 0.717) is 18.0 Å². The number of amides is 2. The number of hydrogen-bond donors (Lipinski definition) is 0. The van der Waals surface area contributed by atoms with Crippen molar-refractivity contribution in [3.63, 3.8) is 0 Å². The Morgan fingerprint density at radius 2 is 2.29 bits per heavy atom. The molecule has 0 N–H and O–H groups in total. The minimum absolute atomic E-state index is 0.0124. The number of aromatic nitrogens is 1. The summed E-state index contributed by atoms with van der Waals surface area (Å²) in [5, 5.41) is 0. The molecule has 2 heterocycles. The van der Waals surface area contributed by atoms with Gasteiger partial charge >= 0.3 is 0 Å². The molecular formula is C11H15N3O2S. The summed E-state index contributed by atoms with van der Waals surface area (Å²) in [4.78, 5) is 31.7. The Kier molecular flexibility index (Phi) is 3.42. The van der Waals surface area contributed by atoms with Crippen LogP contribution in [0.1, 0.15) is 16.1 Å². The van der Waals surface area contributed by atoms with E-state index in [4.69, 9.17) is 0 Å². The van der Waals surface area contributed by atoms with Crippen molar-refractivity contribution in [1.29, 1.82) is 0 Å². The summed E-state index contributed by atoms with van der Waals surface area (Å²) in [7, 11) is 3.49. The Morgan fingerprint density at radius 3 is 2.88 bits per heavy atom. The standard InChI is InChI=1S/C11H15N3O2S/c1-13(2)10(15)8-3-4-14(6-8)11(16)9-5-12-7-17-9/h5,7-8H,3-4,6H2,1-2H3/t8-/m0/s1. The maximum atomic E-state index is 12.0. The number of thiazole rings is 1. The van der Waals surface area contributed by atoms with Crippen molar-refractivity contribution in [2.75, 3.05) is 27.2 Å². The number of carbonyl (C=O) groups is 2. The van der Waals surface area contributed by atoms with E-state index in [1.54, 1.807) is 35.6 Å². The van der Waals surface area contributed by atoms with E-state index in [0.717, 1.165) is 6.42 Å². The fourth-order valence-electron chi connectivity index (χ4n) is 1.99. The molecule has 0 bridgehead atoms. The molecule has 1 aromatic rings. The molecule has 0 spiro atoms. The number of rotatable bonds is 2. The number of nitrogens with zero attached hydrogens (tertiary/aromatic N) is 3. The van der Waals surface area contributed by atoms with Crippen LogP contribution in [0.2, 0.25) is 0 Å². The molecule has 0 unspecified atom stereocenters. The van der Waals surface area contributed by atoms with Gasteiger partial charge in [0.2, 0.25) is 5.91 Å². The zero-order valence-electron chi connectivity index (χ0n) is 9.92. The highest BCUT2D eigenvalue weighted by Crippen LogP contribution is 2.21. The van der Waals surface area contributed by atoms with Gasteiger partial charge in [0.1, 0.15) is 4.88 Å². The summed E-state index contributed by atoms with van der Waals surface area (Å²) in [5.41, 5.74) is 1.64. The quantitative estimate of drug-likeness (QED) is 0.779. The van der Waals surface area contributed by atoms with Gasteiger partial charge in [0.05, 0.1) is 17.6 Å². The first-order valence-corrected chi connectivity index (χ1v) is 6.36. The van der Waals surface area contributed by atoms with Crippen molar-refractivity contribution >= 4 is 23.2 Å². The van der Waals surface area contributed by atoms with Gasteiger partial charge < -0.3 is 9.80 Å². The van der Waals surface area contributed by atoms with Crippen LogP contribution < -0.4 is 0 Å². The second kappa shape index (κ2) is 4.83. The van der Waals surface area contributed by atoms with Gasteiger partial charge in [0, 0.05) is 27.2 Å². The van der Waals surface area contributed by atoms with E-state index in [9.17, 15) is 9.59 Å². The van der Waals surface area contributed by atoms with Crippen molar-refractivity contribution in [2.24, 2.45) is 5.92 Å². The molecule has 0 aromatic carbocycles. The zero-order chi connectivity index (χ0) is 12.4. The Balaban J connectivity index is 1.99. The largest absolute Gasteiger partial charge is 0.349 e. The number of carbonyl (C=O) groups excluding carboxylic acids is 2. The first kappa shape index (κ1) is 12.0. The van der Waals surface area contributed by atoms with Gasteiger partial charge in [-0.1, -0.05) is 0 Å². The van der Waals surface area contributed by atoms with Gasteiger partial charge in [-0.15, -0.1) is 11.3 Å². The smallest absolute Gasteiger partial charge is 0.265 e. The van der Waals surface area contributed by atoms with Crippen molar-refractivity contribution in [3.05, 3.63) is 16.6 Å². The topological polar surface area (TPSA) is 53.5 Å². The maximum Gasteiger partial charge on any atom is 0.265 e. The third-order valence-corrected chi connectivity index (χ3v) is 3.67. The van der Waals surface area contributed by atoms with Gasteiger partial charge in [0.15, 0.2) is 0 Å². The second-order valence-corrected chi connectivity index (χ2v) is 5.22. The van der Waals surface area contributed by atoms with Crippen LogP contribution in [-0.2, 0) is 4.79 Å². The first-order valence-electron chi connectivity index (χ1n) is 5.48. The van der Waals surface area contributed by atoms with E-state index in [-0.39, 0.29) is 17.7 Å². The minimum atomic E-state index is -0.0538. The van der Waals surface area contributed by atoms with Crippen molar-refractivity contribution in [2.45, 2.75) is 6.42 Å². The lowest BCUT2D eigenvalue weighted by atomic mass is 10.1. The lowest BCUT2D eigenvalue weighted by molar-refractivity contribution is -0.132. The second-order valence-electron chi connectivity index (χ2n) is 4.34. The van der Waals surface area contributed by atoms with Gasteiger partial charge in [-0.25, -0.2) is 0 Å². The third kappa shape index (κ3) is 2.46. The van der Waals surface area contributed by atoms with E-state index >= 15 is 0 Å². The van der Waals surface area contributed by atoms with Crippen LogP contribution in [0.5, 0.6) is 0 Å². The van der Waals surface area contributed by atoms with Crippen LogP contribution in [0.3, 0.4) is 0 Å². The molecule has 0 radical (unpaired) electrons. The Hall–Kier alpha value is -1.43. The van der Waals surface area contributed by atoms with Gasteiger partial charge in [-0.2, -0.15) is 0 Å². The highest BCUT2D eigenvalue weighted by molar-refractivity contribution is 7.11. The van der Waals surface area contributed by atoms with Crippen LogP contribution in [0.15, 0.2) is 11.7 Å². The summed E-state index contributed by atoms with van der Waals surface area (Å²) in [5.74, 6) is 0.0352. The van der Waals surface area contributed by atoms with Gasteiger partial charge in [0.25, 0.3) is 5.91 Å². The predicted octanol–water partition coefficient (Wildman–Crippen LogP) is 0.693. The average Bonchev–Trinajstić information content (AvgIpc) is 2.98. The van der Waals surface area contributed by atoms with Crippen LogP contribution >= 0.6 is 11.3 Å². The molecular weight excluding hydrogens is 238 g/mol. The highest BCUT2D eigenvalue weighted by Gasteiger charge is 2.32. The summed E-state index contributed by atoms with van der Waals surface area (Å²) < 4.78 is 0. The maximum absolute atomic E-state index is 12.0. The molecule has 1 atom stereocenters. The molecule has 0 saturated carbocycles. The van der Waals surface area contributed by atoms with Crippen molar-refractivity contribution < 1.29 is 9.59 Å². The predicted molar refractivity (Wildman–Crippen MR) is 64.8 cm³/mol. The molecule has 6 heteroatoms. The van der Waals surface area contributed by atoms with E-state index in [1.165, 1.54) is 11.3 Å². The fraction of sp³-hybridized carbons (Fsp3) is 0.545. The third-order valence-electron chi connectivity index (χ3n) is 2.91. The molecule has 2 rings (SSSR count). The molecule has 2 amide bonds. The van der Waals surface area contributed by atoms with E-state index < -0.39 is 0 Å². The number of hydrogen-bond acceptors (Lipinski definition) is 4. The van der Waals surface area contributed by atoms with Gasteiger partial charge in [-0.05, 0) is 6.42 Å². The first-order chi connectivity index (χ1) is 8.09. The lowest BCUT2D eigenvalue weighted by Gasteiger charge is -2.17. The normalized spacial score (nSPS) is 19.4. The molecule has 1 saturated heterocycles. The van der Waals surface area contributed by atoms with E-state index in [2.05, 4.69) is 4.98 Å². The molecule has 1 aliphatic rings. The fourth-order valence-corrected chi connectivity index (χ4v) is 2.58. The Bertz CT molecular complexity index is 416. The average molecular weight is 253 g/mol. The molecule has 1 fully saturated rings. The molecule has 1 aliphatic heterocycles. The summed E-state index contributed by atoms with van der Waals surface area (Å²) in [6.07, 6.45) is 2.33. The molecule has 1 aromatic heterocycles. The molecule has 92 valence electrons. The van der Waals surface area contributed by atoms with E-state index in [1.807, 2.05) is 0 Å². The van der Waals surface area contributed by atoms with Crippen LogP contribution in [-0.4, -0.2) is 53.8 Å². The molecule has 0 aliphatic carbocycles. The van der Waals surface area contributed by atoms with Crippen molar-refractivity contribution in [1.82, 2.24) is 14.8 Å². The summed E-state index contributed by atoms with van der Waals surface area (Å²) in [6, 6.07) is 0. The lowest BCUT2D eigenvalue weighted by Crippen LogP contribution is -2.33. The Labute approximate surface area is 104 Å². The minimum Gasteiger partial charge on any atom is -0.349 e. The monoisotopic (exact) mass is 253 g/mol. The zero-order valence-corrected chi connectivity index (χ0v) is 10.7. The van der Waals surface area contributed by atoms with Gasteiger partial charge in [-0.3, -0.25) is 14.6 Å². The summed E-state index contributed by atoms with van der Waals surface area (Å²) >= 11 is 1.34. The van der Waals surface area contributed by atoms with Crippen LogP contribution in [0, 0.1) is 5.92 Å². The Morgan fingerprint density at radius 1 is 1.53 bits per heavy atom. The van der Waals surface area contributed by atoms with Crippen molar-refractivity contribution in [3.8, 4) is 0 Å².